The Balaban J connectivity index is 2.13. The van der Waals surface area contributed by atoms with Crippen LogP contribution >= 0.6 is 0 Å². The standard InChI is InChI=1S/C6H11O2/c7-5-6-1-3-8-4-2-6/h7H,1-5H2. The normalized spacial score (nSPS) is 23.6. The molecule has 1 saturated heterocycles. The van der Waals surface area contributed by atoms with E-state index in [0.29, 0.717) is 0 Å². The van der Waals surface area contributed by atoms with Gasteiger partial charge in [-0.15, -0.1) is 0 Å². The third kappa shape index (κ3) is 1.46. The minimum atomic E-state index is 0.253. The minimum absolute atomic E-state index is 0.253. The van der Waals surface area contributed by atoms with Crippen molar-refractivity contribution in [3.8, 4) is 0 Å². The first kappa shape index (κ1) is 6.05. The van der Waals surface area contributed by atoms with Crippen molar-refractivity contribution >= 4 is 0 Å². The van der Waals surface area contributed by atoms with Crippen LogP contribution < -0.4 is 0 Å². The number of hydrogen-bond acceptors (Lipinski definition) is 2. The number of ether oxygens (including phenoxy) is 1. The van der Waals surface area contributed by atoms with Gasteiger partial charge in [-0.05, 0) is 12.8 Å². The second-order valence-corrected chi connectivity index (χ2v) is 2.02. The van der Waals surface area contributed by atoms with E-state index in [2.05, 4.69) is 0 Å². The molecule has 2 nitrogen and oxygen atoms in total. The molecule has 0 aliphatic carbocycles. The van der Waals surface area contributed by atoms with Crippen LogP contribution in [0.25, 0.3) is 0 Å². The van der Waals surface area contributed by atoms with Crippen molar-refractivity contribution in [3.05, 3.63) is 5.92 Å². The van der Waals surface area contributed by atoms with Gasteiger partial charge in [0, 0.05) is 25.7 Å². The highest BCUT2D eigenvalue weighted by atomic mass is 16.5. The van der Waals surface area contributed by atoms with E-state index < -0.39 is 0 Å². The van der Waals surface area contributed by atoms with Gasteiger partial charge in [-0.2, -0.15) is 0 Å². The van der Waals surface area contributed by atoms with E-state index in [9.17, 15) is 0 Å². The van der Waals surface area contributed by atoms with E-state index in [1.54, 1.807) is 0 Å². The van der Waals surface area contributed by atoms with Crippen LogP contribution in [-0.4, -0.2) is 24.9 Å². The smallest absolute Gasteiger partial charge is 0.0495 e. The molecule has 0 spiro atoms. The average molecular weight is 115 g/mol. The Kier molecular flexibility index (Phi) is 2.30. The maximum Gasteiger partial charge on any atom is 0.0495 e. The summed E-state index contributed by atoms with van der Waals surface area (Å²) in [6, 6.07) is 0. The number of rotatable bonds is 1. The maximum atomic E-state index is 8.60. The Hall–Kier alpha value is -0.0800. The molecule has 1 rings (SSSR count). The highest BCUT2D eigenvalue weighted by molar-refractivity contribution is 4.90. The summed E-state index contributed by atoms with van der Waals surface area (Å²) in [5.41, 5.74) is 0. The van der Waals surface area contributed by atoms with Gasteiger partial charge in [-0.25, -0.2) is 0 Å². The van der Waals surface area contributed by atoms with Gasteiger partial charge in [-0.1, -0.05) is 0 Å². The molecule has 1 aliphatic rings. The summed E-state index contributed by atoms with van der Waals surface area (Å²) >= 11 is 0. The lowest BCUT2D eigenvalue weighted by atomic mass is 10.0. The third-order valence-electron chi connectivity index (χ3n) is 1.42. The molecule has 1 N–H and O–H groups in total. The molecule has 0 aromatic rings. The Labute approximate surface area is 49.5 Å². The zero-order valence-corrected chi connectivity index (χ0v) is 4.89. The maximum absolute atomic E-state index is 8.60. The van der Waals surface area contributed by atoms with Gasteiger partial charge < -0.3 is 9.84 Å². The van der Waals surface area contributed by atoms with Crippen LogP contribution in [0.1, 0.15) is 12.8 Å². The fourth-order valence-electron chi connectivity index (χ4n) is 0.818. The van der Waals surface area contributed by atoms with E-state index in [-0.39, 0.29) is 6.61 Å². The Morgan fingerprint density at radius 1 is 1.38 bits per heavy atom. The highest BCUT2D eigenvalue weighted by Gasteiger charge is 2.11. The van der Waals surface area contributed by atoms with Gasteiger partial charge >= 0.3 is 0 Å². The van der Waals surface area contributed by atoms with Crippen LogP contribution in [0.3, 0.4) is 0 Å². The van der Waals surface area contributed by atoms with Gasteiger partial charge in [0.15, 0.2) is 0 Å². The van der Waals surface area contributed by atoms with Crippen molar-refractivity contribution in [2.45, 2.75) is 12.8 Å². The van der Waals surface area contributed by atoms with E-state index in [4.69, 9.17) is 9.84 Å². The Morgan fingerprint density at radius 2 is 2.00 bits per heavy atom. The van der Waals surface area contributed by atoms with Gasteiger partial charge in [0.05, 0.1) is 0 Å². The molecule has 0 bridgehead atoms. The van der Waals surface area contributed by atoms with Crippen LogP contribution in [0.5, 0.6) is 0 Å². The van der Waals surface area contributed by atoms with Gasteiger partial charge in [-0.3, -0.25) is 0 Å². The molecule has 0 amide bonds. The van der Waals surface area contributed by atoms with Crippen LogP contribution in [0.4, 0.5) is 0 Å². The summed E-state index contributed by atoms with van der Waals surface area (Å²) in [7, 11) is 0. The lowest BCUT2D eigenvalue weighted by Gasteiger charge is -2.18. The molecule has 0 atom stereocenters. The van der Waals surface area contributed by atoms with E-state index in [0.717, 1.165) is 26.1 Å². The van der Waals surface area contributed by atoms with Crippen LogP contribution in [0.2, 0.25) is 0 Å². The average Bonchev–Trinajstić information content (AvgIpc) is 1.90. The summed E-state index contributed by atoms with van der Waals surface area (Å²) in [5, 5.41) is 8.60. The highest BCUT2D eigenvalue weighted by Crippen LogP contribution is 2.14. The van der Waals surface area contributed by atoms with Crippen molar-refractivity contribution in [1.29, 1.82) is 0 Å². The molecule has 0 aromatic heterocycles. The number of aliphatic hydroxyl groups excluding tert-OH is 1. The van der Waals surface area contributed by atoms with Crippen molar-refractivity contribution in [2.75, 3.05) is 19.8 Å². The van der Waals surface area contributed by atoms with Gasteiger partial charge in [0.25, 0.3) is 0 Å². The predicted octanol–water partition coefficient (Wildman–Crippen LogP) is 0.364. The third-order valence-corrected chi connectivity index (χ3v) is 1.42. The van der Waals surface area contributed by atoms with E-state index in [1.165, 1.54) is 5.92 Å². The first-order valence-electron chi connectivity index (χ1n) is 2.95. The minimum Gasteiger partial charge on any atom is -0.396 e. The fourth-order valence-corrected chi connectivity index (χ4v) is 0.818. The quantitative estimate of drug-likeness (QED) is 0.534. The molecular formula is C6H11O2. The zero-order chi connectivity index (χ0) is 5.82. The Morgan fingerprint density at radius 3 is 2.38 bits per heavy atom. The molecule has 0 aromatic carbocycles. The SMILES string of the molecule is OC[C]1CCOCC1. The molecule has 0 saturated carbocycles. The van der Waals surface area contributed by atoms with Crippen LogP contribution in [0.15, 0.2) is 0 Å². The molecule has 1 heterocycles. The summed E-state index contributed by atoms with van der Waals surface area (Å²) in [4.78, 5) is 0. The fraction of sp³-hybridized carbons (Fsp3) is 0.833. The number of hydrogen-bond donors (Lipinski definition) is 1. The van der Waals surface area contributed by atoms with E-state index >= 15 is 0 Å². The lowest BCUT2D eigenvalue weighted by molar-refractivity contribution is 0.0953. The van der Waals surface area contributed by atoms with Gasteiger partial charge in [0.1, 0.15) is 0 Å². The monoisotopic (exact) mass is 115 g/mol. The largest absolute Gasteiger partial charge is 0.396 e. The summed E-state index contributed by atoms with van der Waals surface area (Å²) in [6.07, 6.45) is 1.91. The Bertz CT molecular complexity index is 57.5. The molecule has 1 aliphatic heterocycles. The predicted molar refractivity (Wildman–Crippen MR) is 30.4 cm³/mol. The van der Waals surface area contributed by atoms with Crippen LogP contribution in [-0.2, 0) is 4.74 Å². The second-order valence-electron chi connectivity index (χ2n) is 2.02. The zero-order valence-electron chi connectivity index (χ0n) is 4.89. The van der Waals surface area contributed by atoms with Crippen molar-refractivity contribution < 1.29 is 9.84 Å². The molecule has 0 unspecified atom stereocenters. The number of aliphatic hydroxyl groups is 1. The summed E-state index contributed by atoms with van der Waals surface area (Å²) in [5.74, 6) is 1.23. The first-order chi connectivity index (χ1) is 3.93. The molecule has 47 valence electrons. The molecule has 2 heteroatoms. The second kappa shape index (κ2) is 3.05. The van der Waals surface area contributed by atoms with Gasteiger partial charge in [0.2, 0.25) is 0 Å². The topological polar surface area (TPSA) is 29.5 Å². The van der Waals surface area contributed by atoms with Crippen molar-refractivity contribution in [3.63, 3.8) is 0 Å². The van der Waals surface area contributed by atoms with Crippen molar-refractivity contribution in [1.82, 2.24) is 0 Å². The van der Waals surface area contributed by atoms with Crippen LogP contribution in [0, 0.1) is 5.92 Å². The molecule has 1 fully saturated rings. The molecule has 8 heavy (non-hydrogen) atoms. The lowest BCUT2D eigenvalue weighted by Crippen LogP contribution is -2.16. The summed E-state index contributed by atoms with van der Waals surface area (Å²) in [6.45, 7) is 1.86. The summed E-state index contributed by atoms with van der Waals surface area (Å²) < 4.78 is 5.07. The van der Waals surface area contributed by atoms with Crippen molar-refractivity contribution in [2.24, 2.45) is 0 Å². The first-order valence-corrected chi connectivity index (χ1v) is 2.95. The molecular weight excluding hydrogens is 104 g/mol. The molecule has 1 radical (unpaired) electrons. The van der Waals surface area contributed by atoms with E-state index in [1.807, 2.05) is 0 Å².